The molecule has 0 aromatic heterocycles. The first kappa shape index (κ1) is 11.6. The van der Waals surface area contributed by atoms with Crippen LogP contribution in [0.5, 0.6) is 0 Å². The topological polar surface area (TPSA) is 46.2 Å². The fraction of sp³-hybridized carbons (Fsp3) is 0.750. The lowest BCUT2D eigenvalue weighted by molar-refractivity contribution is 0.480. The molecule has 0 aromatic carbocycles. The van der Waals surface area contributed by atoms with Crippen molar-refractivity contribution in [2.75, 3.05) is 0 Å². The third kappa shape index (κ3) is 4.51. The molecule has 0 aliphatic heterocycles. The van der Waals surface area contributed by atoms with Crippen molar-refractivity contribution >= 4 is 10.0 Å². The minimum absolute atomic E-state index is 0.0220. The van der Waals surface area contributed by atoms with Gasteiger partial charge in [0.15, 0.2) is 0 Å². The molecule has 0 aliphatic rings. The highest BCUT2D eigenvalue weighted by Gasteiger charge is 2.12. The maximum atomic E-state index is 11.1. The standard InChI is InChI=1S/C8H17NO2S/c1-5-6-12(10,11)9-8(4)7(2)3/h5-9H,1-4H3/b6-5+/t8-/m1/s1. The van der Waals surface area contributed by atoms with Gasteiger partial charge in [0.1, 0.15) is 0 Å². The largest absolute Gasteiger partial charge is 0.233 e. The van der Waals surface area contributed by atoms with E-state index < -0.39 is 10.0 Å². The summed E-state index contributed by atoms with van der Waals surface area (Å²) in [6.07, 6.45) is 1.51. The van der Waals surface area contributed by atoms with E-state index >= 15 is 0 Å². The average Bonchev–Trinajstić information content (AvgIpc) is 1.85. The quantitative estimate of drug-likeness (QED) is 0.731. The monoisotopic (exact) mass is 191 g/mol. The van der Waals surface area contributed by atoms with Crippen LogP contribution in [0.2, 0.25) is 0 Å². The van der Waals surface area contributed by atoms with Crippen LogP contribution in [0.25, 0.3) is 0 Å². The smallest absolute Gasteiger partial charge is 0.209 e. The van der Waals surface area contributed by atoms with Gasteiger partial charge in [-0.2, -0.15) is 0 Å². The molecule has 1 atom stereocenters. The van der Waals surface area contributed by atoms with E-state index in [1.807, 2.05) is 20.8 Å². The molecule has 0 rings (SSSR count). The van der Waals surface area contributed by atoms with E-state index in [0.29, 0.717) is 5.92 Å². The van der Waals surface area contributed by atoms with Gasteiger partial charge in [-0.15, -0.1) is 0 Å². The van der Waals surface area contributed by atoms with Gasteiger partial charge in [-0.05, 0) is 19.8 Å². The van der Waals surface area contributed by atoms with Crippen LogP contribution in [-0.2, 0) is 10.0 Å². The first-order valence-corrected chi connectivity index (χ1v) is 5.58. The minimum Gasteiger partial charge on any atom is -0.209 e. The van der Waals surface area contributed by atoms with E-state index in [1.165, 1.54) is 11.5 Å². The molecule has 1 N–H and O–H groups in total. The Balaban J connectivity index is 4.26. The molecule has 0 radical (unpaired) electrons. The zero-order valence-electron chi connectivity index (χ0n) is 8.03. The summed E-state index contributed by atoms with van der Waals surface area (Å²) in [6.45, 7) is 7.48. The SMILES string of the molecule is C/C=C/S(=O)(=O)N[C@H](C)C(C)C. The second-order valence-electron chi connectivity index (χ2n) is 3.16. The second-order valence-corrected chi connectivity index (χ2v) is 4.76. The highest BCUT2D eigenvalue weighted by atomic mass is 32.2. The lowest BCUT2D eigenvalue weighted by atomic mass is 10.1. The second kappa shape index (κ2) is 4.62. The van der Waals surface area contributed by atoms with Gasteiger partial charge < -0.3 is 0 Å². The van der Waals surface area contributed by atoms with Gasteiger partial charge in [0, 0.05) is 11.4 Å². The van der Waals surface area contributed by atoms with Crippen LogP contribution in [0.15, 0.2) is 11.5 Å². The molecular weight excluding hydrogens is 174 g/mol. The summed E-state index contributed by atoms with van der Waals surface area (Å²) in [4.78, 5) is 0. The van der Waals surface area contributed by atoms with Crippen LogP contribution >= 0.6 is 0 Å². The molecule has 0 spiro atoms. The molecule has 0 aliphatic carbocycles. The molecule has 0 heterocycles. The van der Waals surface area contributed by atoms with Gasteiger partial charge in [-0.3, -0.25) is 0 Å². The molecule has 3 nitrogen and oxygen atoms in total. The van der Waals surface area contributed by atoms with Crippen LogP contribution < -0.4 is 4.72 Å². The van der Waals surface area contributed by atoms with Crippen molar-refractivity contribution in [1.29, 1.82) is 0 Å². The van der Waals surface area contributed by atoms with Crippen molar-refractivity contribution in [3.63, 3.8) is 0 Å². The van der Waals surface area contributed by atoms with Crippen molar-refractivity contribution in [3.8, 4) is 0 Å². The van der Waals surface area contributed by atoms with Crippen LogP contribution in [0.1, 0.15) is 27.7 Å². The third-order valence-corrected chi connectivity index (χ3v) is 3.00. The van der Waals surface area contributed by atoms with E-state index in [2.05, 4.69) is 4.72 Å². The molecular formula is C8H17NO2S. The molecule has 0 fully saturated rings. The Morgan fingerprint density at radius 2 is 1.75 bits per heavy atom. The number of hydrogen-bond acceptors (Lipinski definition) is 2. The number of nitrogens with one attached hydrogen (secondary N) is 1. The first-order chi connectivity index (χ1) is 5.39. The van der Waals surface area contributed by atoms with Crippen molar-refractivity contribution < 1.29 is 8.42 Å². The molecule has 0 saturated carbocycles. The first-order valence-electron chi connectivity index (χ1n) is 4.04. The maximum Gasteiger partial charge on any atom is 0.233 e. The molecule has 0 bridgehead atoms. The van der Waals surface area contributed by atoms with Crippen LogP contribution in [0, 0.1) is 5.92 Å². The maximum absolute atomic E-state index is 11.1. The van der Waals surface area contributed by atoms with E-state index in [9.17, 15) is 8.42 Å². The zero-order valence-corrected chi connectivity index (χ0v) is 8.85. The highest BCUT2D eigenvalue weighted by Crippen LogP contribution is 2.02. The lowest BCUT2D eigenvalue weighted by Crippen LogP contribution is -2.34. The van der Waals surface area contributed by atoms with Gasteiger partial charge in [-0.1, -0.05) is 19.9 Å². The van der Waals surface area contributed by atoms with Gasteiger partial charge in [-0.25, -0.2) is 13.1 Å². The van der Waals surface area contributed by atoms with Crippen LogP contribution in [0.3, 0.4) is 0 Å². The minimum atomic E-state index is -3.21. The number of sulfonamides is 1. The van der Waals surface area contributed by atoms with Crippen molar-refractivity contribution in [3.05, 3.63) is 11.5 Å². The van der Waals surface area contributed by atoms with Gasteiger partial charge in [0.25, 0.3) is 0 Å². The molecule has 0 saturated heterocycles. The third-order valence-electron chi connectivity index (χ3n) is 1.67. The molecule has 0 unspecified atom stereocenters. The number of rotatable bonds is 4. The molecule has 12 heavy (non-hydrogen) atoms. The predicted octanol–water partition coefficient (Wildman–Crippen LogP) is 1.48. The Kier molecular flexibility index (Phi) is 4.49. The number of hydrogen-bond donors (Lipinski definition) is 1. The van der Waals surface area contributed by atoms with E-state index in [-0.39, 0.29) is 6.04 Å². The van der Waals surface area contributed by atoms with E-state index in [4.69, 9.17) is 0 Å². The fourth-order valence-electron chi connectivity index (χ4n) is 0.614. The Morgan fingerprint density at radius 1 is 1.25 bits per heavy atom. The normalized spacial score (nSPS) is 15.8. The van der Waals surface area contributed by atoms with Crippen molar-refractivity contribution in [2.24, 2.45) is 5.92 Å². The summed E-state index contributed by atoms with van der Waals surface area (Å²) in [7, 11) is -3.21. The summed E-state index contributed by atoms with van der Waals surface area (Å²) < 4.78 is 24.8. The Labute approximate surface area is 74.9 Å². The summed E-state index contributed by atoms with van der Waals surface area (Å²) in [6, 6.07) is -0.0220. The summed E-state index contributed by atoms with van der Waals surface area (Å²) >= 11 is 0. The van der Waals surface area contributed by atoms with Crippen molar-refractivity contribution in [1.82, 2.24) is 4.72 Å². The van der Waals surface area contributed by atoms with Crippen molar-refractivity contribution in [2.45, 2.75) is 33.7 Å². The molecule has 72 valence electrons. The molecule has 0 aromatic rings. The van der Waals surface area contributed by atoms with Crippen LogP contribution in [0.4, 0.5) is 0 Å². The Hall–Kier alpha value is -0.350. The summed E-state index contributed by atoms with van der Waals surface area (Å²) in [5.41, 5.74) is 0. The van der Waals surface area contributed by atoms with E-state index in [1.54, 1.807) is 6.92 Å². The van der Waals surface area contributed by atoms with E-state index in [0.717, 1.165) is 0 Å². The Morgan fingerprint density at radius 3 is 2.08 bits per heavy atom. The number of allylic oxidation sites excluding steroid dienone is 1. The van der Waals surface area contributed by atoms with Gasteiger partial charge in [0.05, 0.1) is 0 Å². The zero-order chi connectivity index (χ0) is 9.78. The van der Waals surface area contributed by atoms with Crippen LogP contribution in [-0.4, -0.2) is 14.5 Å². The lowest BCUT2D eigenvalue weighted by Gasteiger charge is -2.15. The van der Waals surface area contributed by atoms with Gasteiger partial charge >= 0.3 is 0 Å². The predicted molar refractivity (Wildman–Crippen MR) is 51.2 cm³/mol. The summed E-state index contributed by atoms with van der Waals surface area (Å²) in [5, 5.41) is 1.17. The Bertz CT molecular complexity index is 242. The summed E-state index contributed by atoms with van der Waals surface area (Å²) in [5.74, 6) is 0.310. The molecule has 4 heteroatoms. The van der Waals surface area contributed by atoms with Gasteiger partial charge in [0.2, 0.25) is 10.0 Å². The molecule has 0 amide bonds. The fourth-order valence-corrected chi connectivity index (χ4v) is 1.84. The highest BCUT2D eigenvalue weighted by molar-refractivity contribution is 7.92. The average molecular weight is 191 g/mol.